The number of thiol groups is 1. The van der Waals surface area contributed by atoms with E-state index in [-0.39, 0.29) is 0 Å². The van der Waals surface area contributed by atoms with Gasteiger partial charge in [-0.15, -0.1) is 16.8 Å². The lowest BCUT2D eigenvalue weighted by molar-refractivity contribution is -0.0185. The van der Waals surface area contributed by atoms with Crippen LogP contribution in [0.5, 0.6) is 0 Å². The molecule has 0 amide bonds. The van der Waals surface area contributed by atoms with Crippen molar-refractivity contribution >= 4 is 41.7 Å². The Morgan fingerprint density at radius 1 is 1.41 bits per heavy atom. The molecule has 1 fully saturated rings. The fourth-order valence-electron chi connectivity index (χ4n) is 3.62. The summed E-state index contributed by atoms with van der Waals surface area (Å²) in [5, 5.41) is 22.6. The molecule has 6 N–H and O–H groups in total. The van der Waals surface area contributed by atoms with E-state index in [4.69, 9.17) is 16.1 Å². The molecule has 156 valence electrons. The Kier molecular flexibility index (Phi) is 7.31. The molecule has 2 aromatic rings. The summed E-state index contributed by atoms with van der Waals surface area (Å²) >= 11 is 6.11. The van der Waals surface area contributed by atoms with Gasteiger partial charge in [-0.3, -0.25) is 0 Å². The predicted molar refractivity (Wildman–Crippen MR) is 124 cm³/mol. The summed E-state index contributed by atoms with van der Waals surface area (Å²) in [4.78, 5) is 5.69. The number of rotatable bonds is 8. The molecule has 0 aliphatic heterocycles. The van der Waals surface area contributed by atoms with Crippen LogP contribution >= 0.6 is 24.2 Å². The SMILES string of the molecule is CCN[N+](O)(S)c1cc(N/C(C=N)=C/N)ccc1-c1cnc(C2CCCCC2)s1. The van der Waals surface area contributed by atoms with Gasteiger partial charge in [0, 0.05) is 42.8 Å². The average molecular weight is 434 g/mol. The fourth-order valence-corrected chi connectivity index (χ4v) is 5.05. The van der Waals surface area contributed by atoms with E-state index in [1.54, 1.807) is 17.4 Å². The number of nitrogens with one attached hydrogen (secondary N) is 3. The first-order valence-electron chi connectivity index (χ1n) is 9.88. The molecule has 29 heavy (non-hydrogen) atoms. The molecule has 1 atom stereocenters. The van der Waals surface area contributed by atoms with Crippen molar-refractivity contribution in [3.05, 3.63) is 41.3 Å². The van der Waals surface area contributed by atoms with Crippen LogP contribution in [0, 0.1) is 5.41 Å². The minimum atomic E-state index is -0.760. The van der Waals surface area contributed by atoms with Gasteiger partial charge >= 0.3 is 0 Å². The lowest BCUT2D eigenvalue weighted by Gasteiger charge is -2.24. The highest BCUT2D eigenvalue weighted by Gasteiger charge is 2.31. The number of hydrogen-bond donors (Lipinski definition) is 6. The van der Waals surface area contributed by atoms with Crippen molar-refractivity contribution in [1.29, 1.82) is 5.41 Å². The van der Waals surface area contributed by atoms with Crippen LogP contribution in [0.3, 0.4) is 0 Å². The molecule has 0 spiro atoms. The summed E-state index contributed by atoms with van der Waals surface area (Å²) in [5.74, 6) is 0.537. The normalized spacial score (nSPS) is 17.7. The molecule has 3 rings (SSSR count). The second-order valence-corrected chi connectivity index (χ2v) is 8.77. The highest BCUT2D eigenvalue weighted by atomic mass is 32.1. The topological polar surface area (TPSA) is 107 Å². The van der Waals surface area contributed by atoms with Crippen molar-refractivity contribution in [3.63, 3.8) is 0 Å². The Labute approximate surface area is 181 Å². The minimum Gasteiger partial charge on any atom is -0.403 e. The molecule has 1 aromatic heterocycles. The van der Waals surface area contributed by atoms with E-state index < -0.39 is 4.16 Å². The Morgan fingerprint density at radius 2 is 2.17 bits per heavy atom. The van der Waals surface area contributed by atoms with Gasteiger partial charge in [0.15, 0.2) is 0 Å². The molecule has 0 radical (unpaired) electrons. The van der Waals surface area contributed by atoms with Crippen molar-refractivity contribution in [3.8, 4) is 10.4 Å². The van der Waals surface area contributed by atoms with Crippen molar-refractivity contribution < 1.29 is 5.21 Å². The first-order chi connectivity index (χ1) is 14.0. The van der Waals surface area contributed by atoms with E-state index in [9.17, 15) is 5.21 Å². The highest BCUT2D eigenvalue weighted by Crippen LogP contribution is 2.42. The van der Waals surface area contributed by atoms with Gasteiger partial charge in [0.2, 0.25) is 5.69 Å². The largest absolute Gasteiger partial charge is 0.403 e. The van der Waals surface area contributed by atoms with Gasteiger partial charge in [-0.05, 0) is 36.1 Å². The lowest BCUT2D eigenvalue weighted by Crippen LogP contribution is -2.48. The Morgan fingerprint density at radius 3 is 2.83 bits per heavy atom. The van der Waals surface area contributed by atoms with Crippen molar-refractivity contribution in [1.82, 2.24) is 14.6 Å². The van der Waals surface area contributed by atoms with Crippen molar-refractivity contribution in [2.24, 2.45) is 5.73 Å². The standard InChI is InChI=1S/C20H29N6OS2/c1-2-24-26(27,28)18-10-15(25-16(11-21)12-22)8-9-17(18)19-13-23-20(29-19)14-6-4-3-5-7-14/h8-14,21,24-25,27-28H,2-7,22H2,1H3/q+1/b16-12+,21-11?. The zero-order valence-corrected chi connectivity index (χ0v) is 18.3. The van der Waals surface area contributed by atoms with Gasteiger partial charge < -0.3 is 16.5 Å². The maximum Gasteiger partial charge on any atom is 0.208 e. The Bertz CT molecular complexity index is 874. The number of allylic oxidation sites excluding steroid dienone is 1. The lowest BCUT2D eigenvalue weighted by atomic mass is 9.90. The molecule has 1 aliphatic rings. The van der Waals surface area contributed by atoms with Crippen molar-refractivity contribution in [2.75, 3.05) is 11.9 Å². The molecule has 0 saturated heterocycles. The van der Waals surface area contributed by atoms with E-state index in [0.717, 1.165) is 16.7 Å². The van der Waals surface area contributed by atoms with Crippen LogP contribution in [-0.2, 0) is 0 Å². The summed E-state index contributed by atoms with van der Waals surface area (Å²) in [6.07, 6.45) is 10.6. The molecule has 1 aliphatic carbocycles. The number of thiazole rings is 1. The van der Waals surface area contributed by atoms with Gasteiger partial charge in [-0.2, -0.15) is 5.21 Å². The fraction of sp³-hybridized carbons (Fsp3) is 0.400. The van der Waals surface area contributed by atoms with E-state index in [2.05, 4.69) is 23.6 Å². The first kappa shape index (κ1) is 21.8. The Balaban J connectivity index is 1.98. The van der Waals surface area contributed by atoms with Crippen LogP contribution < -0.4 is 20.6 Å². The quantitative estimate of drug-likeness (QED) is 0.155. The number of nitrogens with zero attached hydrogens (tertiary/aromatic N) is 2. The number of aromatic nitrogens is 1. The molecule has 1 saturated carbocycles. The maximum atomic E-state index is 10.9. The molecule has 1 heterocycles. The molecule has 1 aromatic carbocycles. The van der Waals surface area contributed by atoms with Crippen LogP contribution in [0.4, 0.5) is 11.4 Å². The van der Waals surface area contributed by atoms with Gasteiger partial charge in [-0.1, -0.05) is 19.3 Å². The van der Waals surface area contributed by atoms with Crippen LogP contribution in [0.25, 0.3) is 10.4 Å². The minimum absolute atomic E-state index is 0.458. The summed E-state index contributed by atoms with van der Waals surface area (Å²) in [7, 11) is 0. The molecule has 9 heteroatoms. The molecule has 7 nitrogen and oxygen atoms in total. The molecule has 0 bridgehead atoms. The number of hydrogen-bond acceptors (Lipinski definition) is 8. The monoisotopic (exact) mass is 433 g/mol. The third kappa shape index (κ3) is 5.18. The number of benzene rings is 1. The van der Waals surface area contributed by atoms with E-state index in [0.29, 0.717) is 29.5 Å². The number of nitrogens with two attached hydrogens (primary N) is 1. The summed E-state index contributed by atoms with van der Waals surface area (Å²) in [6.45, 7) is 2.43. The molecular formula is C20H29N6OS2+. The van der Waals surface area contributed by atoms with Gasteiger partial charge in [0.1, 0.15) is 12.8 Å². The third-order valence-corrected chi connectivity index (χ3v) is 6.63. The highest BCUT2D eigenvalue weighted by molar-refractivity contribution is 7.79. The summed E-state index contributed by atoms with van der Waals surface area (Å²) < 4.78 is -0.760. The predicted octanol–water partition coefficient (Wildman–Crippen LogP) is 4.79. The smallest absolute Gasteiger partial charge is 0.208 e. The van der Waals surface area contributed by atoms with Crippen LogP contribution in [0.1, 0.15) is 50.0 Å². The second kappa shape index (κ2) is 9.73. The summed E-state index contributed by atoms with van der Waals surface area (Å²) in [6, 6.07) is 5.63. The zero-order valence-electron chi connectivity index (χ0n) is 16.6. The maximum absolute atomic E-state index is 10.9. The van der Waals surface area contributed by atoms with E-state index in [1.807, 2.05) is 25.3 Å². The van der Waals surface area contributed by atoms with Crippen LogP contribution in [0.2, 0.25) is 0 Å². The zero-order chi connectivity index (χ0) is 20.9. The van der Waals surface area contributed by atoms with Gasteiger partial charge in [-0.25, -0.2) is 4.98 Å². The molecular weight excluding hydrogens is 404 g/mol. The Hall–Kier alpha value is -1.91. The second-order valence-electron chi connectivity index (χ2n) is 7.13. The van der Waals surface area contributed by atoms with E-state index >= 15 is 0 Å². The number of anilines is 1. The van der Waals surface area contributed by atoms with Gasteiger partial charge in [0.05, 0.1) is 21.1 Å². The van der Waals surface area contributed by atoms with Crippen molar-refractivity contribution in [2.45, 2.75) is 44.9 Å². The van der Waals surface area contributed by atoms with E-state index in [1.165, 1.54) is 43.3 Å². The third-order valence-electron chi connectivity index (χ3n) is 5.08. The van der Waals surface area contributed by atoms with Gasteiger partial charge in [0.25, 0.3) is 0 Å². The number of quaternary nitrogens is 1. The summed E-state index contributed by atoms with van der Waals surface area (Å²) in [5.41, 5.74) is 11.1. The van der Waals surface area contributed by atoms with Crippen LogP contribution in [0.15, 0.2) is 36.3 Å². The molecule has 1 unspecified atom stereocenters. The van der Waals surface area contributed by atoms with Crippen LogP contribution in [-0.4, -0.2) is 23.0 Å². The first-order valence-corrected chi connectivity index (χ1v) is 11.1. The average Bonchev–Trinajstić information content (AvgIpc) is 3.22.